The van der Waals surface area contributed by atoms with Gasteiger partial charge >= 0.3 is 6.09 Å². The van der Waals surface area contributed by atoms with Crippen LogP contribution in [0.4, 0.5) is 27.5 Å². The maximum Gasteiger partial charge on any atom is 0.409 e. The summed E-state index contributed by atoms with van der Waals surface area (Å²) in [5, 5.41) is 31.4. The molecular weight excluding hydrogens is 771 g/mol. The number of nitro benzene ring substituents is 1. The van der Waals surface area contributed by atoms with Crippen LogP contribution in [0.25, 0.3) is 0 Å². The van der Waals surface area contributed by atoms with E-state index in [1.54, 1.807) is 12.1 Å². The molecule has 326 valence electrons. The Labute approximate surface area is 352 Å². The van der Waals surface area contributed by atoms with Gasteiger partial charge in [-0.1, -0.05) is 39.5 Å². The van der Waals surface area contributed by atoms with E-state index >= 15 is 0 Å². The Bertz CT molecular complexity index is 1750. The molecular formula is C43H61N9O8. The van der Waals surface area contributed by atoms with Gasteiger partial charge in [-0.2, -0.15) is 10.2 Å². The van der Waals surface area contributed by atoms with E-state index in [0.717, 1.165) is 44.2 Å². The van der Waals surface area contributed by atoms with Crippen molar-refractivity contribution in [2.24, 2.45) is 33.9 Å². The summed E-state index contributed by atoms with van der Waals surface area (Å²) >= 11 is 0. The van der Waals surface area contributed by atoms with Crippen molar-refractivity contribution in [2.75, 3.05) is 50.8 Å². The van der Waals surface area contributed by atoms with E-state index in [4.69, 9.17) is 4.74 Å². The number of amides is 5. The van der Waals surface area contributed by atoms with Crippen LogP contribution < -0.4 is 26.2 Å². The first-order chi connectivity index (χ1) is 29.0. The van der Waals surface area contributed by atoms with E-state index in [2.05, 4.69) is 31.5 Å². The Hall–Kier alpha value is -5.61. The van der Waals surface area contributed by atoms with Gasteiger partial charge in [-0.3, -0.25) is 29.3 Å². The van der Waals surface area contributed by atoms with Crippen LogP contribution in [-0.2, 0) is 23.9 Å². The third-order valence-electron chi connectivity index (χ3n) is 11.7. The van der Waals surface area contributed by atoms with Gasteiger partial charge < -0.3 is 35.8 Å². The third kappa shape index (κ3) is 12.5. The molecule has 0 spiro atoms. The smallest absolute Gasteiger partial charge is 0.409 e. The number of ether oxygens (including phenoxy) is 1. The molecule has 2 aromatic rings. The molecule has 17 heteroatoms. The summed E-state index contributed by atoms with van der Waals surface area (Å²) in [4.78, 5) is 81.6. The molecule has 4 N–H and O–H groups in total. The highest BCUT2D eigenvalue weighted by atomic mass is 16.6. The predicted octanol–water partition coefficient (Wildman–Crippen LogP) is 5.92. The number of nitrogens with one attached hydrogen (secondary N) is 4. The first-order valence-electron chi connectivity index (χ1n) is 21.6. The molecule has 1 saturated heterocycles. The van der Waals surface area contributed by atoms with E-state index < -0.39 is 46.8 Å². The first kappa shape index (κ1) is 45.5. The van der Waals surface area contributed by atoms with Gasteiger partial charge in [0, 0.05) is 74.2 Å². The monoisotopic (exact) mass is 831 g/mol. The van der Waals surface area contributed by atoms with Crippen molar-refractivity contribution < 1.29 is 33.6 Å². The molecule has 3 fully saturated rings. The zero-order valence-corrected chi connectivity index (χ0v) is 35.1. The lowest BCUT2D eigenvalue weighted by molar-refractivity contribution is -0.384. The van der Waals surface area contributed by atoms with Gasteiger partial charge in [-0.15, -0.1) is 0 Å². The molecule has 0 bridgehead atoms. The average molecular weight is 832 g/mol. The number of likely N-dealkylation sites (N-methyl/N-ethyl adjacent to an activating group) is 1. The number of non-ortho nitro benzene ring substituents is 1. The van der Waals surface area contributed by atoms with Gasteiger partial charge in [-0.25, -0.2) is 4.79 Å². The minimum atomic E-state index is -0.630. The van der Waals surface area contributed by atoms with Crippen molar-refractivity contribution in [3.63, 3.8) is 0 Å². The van der Waals surface area contributed by atoms with Crippen LogP contribution in [0.3, 0.4) is 0 Å². The van der Waals surface area contributed by atoms with Crippen molar-refractivity contribution >= 4 is 52.5 Å². The topological polar surface area (TPSA) is 217 Å². The Kier molecular flexibility index (Phi) is 17.2. The summed E-state index contributed by atoms with van der Waals surface area (Å²) in [6.45, 7) is 8.33. The van der Waals surface area contributed by atoms with Crippen molar-refractivity contribution in [1.29, 1.82) is 0 Å². The largest absolute Gasteiger partial charge is 0.448 e. The highest BCUT2D eigenvalue weighted by molar-refractivity contribution is 5.89. The maximum absolute atomic E-state index is 13.9. The van der Waals surface area contributed by atoms with Crippen LogP contribution in [0.15, 0.2) is 58.8 Å². The molecule has 1 aliphatic heterocycles. The second-order valence-electron chi connectivity index (χ2n) is 15.9. The summed E-state index contributed by atoms with van der Waals surface area (Å²) in [6.07, 6.45) is 6.78. The lowest BCUT2D eigenvalue weighted by Crippen LogP contribution is -2.55. The minimum absolute atomic E-state index is 0.0260. The number of azo groups is 1. The van der Waals surface area contributed by atoms with Crippen LogP contribution in [0.5, 0.6) is 0 Å². The molecule has 60 heavy (non-hydrogen) atoms. The predicted molar refractivity (Wildman–Crippen MR) is 226 cm³/mol. The molecule has 6 atom stereocenters. The van der Waals surface area contributed by atoms with Crippen LogP contribution in [0, 0.1) is 33.8 Å². The number of hydrogen-bond donors (Lipinski definition) is 4. The van der Waals surface area contributed by atoms with Gasteiger partial charge in [0.25, 0.3) is 5.69 Å². The molecule has 0 unspecified atom stereocenters. The number of nitro groups is 1. The third-order valence-corrected chi connectivity index (χ3v) is 11.7. The Balaban J connectivity index is 1.22. The normalized spacial score (nSPS) is 22.8. The highest BCUT2D eigenvalue weighted by Gasteiger charge is 2.43. The molecule has 5 amide bonds. The Morgan fingerprint density at radius 3 is 1.55 bits per heavy atom. The van der Waals surface area contributed by atoms with Gasteiger partial charge in [0.05, 0.1) is 34.9 Å². The van der Waals surface area contributed by atoms with Gasteiger partial charge in [-0.05, 0) is 81.8 Å². The fourth-order valence-corrected chi connectivity index (χ4v) is 8.39. The fraction of sp³-hybridized carbons (Fsp3) is 0.605. The van der Waals surface area contributed by atoms with E-state index in [9.17, 15) is 34.1 Å². The number of hydrogen-bond acceptors (Lipinski definition) is 11. The Morgan fingerprint density at radius 1 is 0.700 bits per heavy atom. The second-order valence-corrected chi connectivity index (χ2v) is 15.9. The summed E-state index contributed by atoms with van der Waals surface area (Å²) in [7, 11) is 0. The second kappa shape index (κ2) is 22.7. The Morgan fingerprint density at radius 2 is 1.13 bits per heavy atom. The number of likely N-dealkylation sites (tertiary alicyclic amines) is 1. The van der Waals surface area contributed by atoms with Crippen LogP contribution >= 0.6 is 0 Å². The lowest BCUT2D eigenvalue weighted by Gasteiger charge is -2.33. The molecule has 2 saturated carbocycles. The van der Waals surface area contributed by atoms with E-state index in [-0.39, 0.29) is 49.0 Å². The lowest BCUT2D eigenvalue weighted by atomic mass is 9.77. The van der Waals surface area contributed by atoms with E-state index in [1.807, 2.05) is 37.8 Å². The quantitative estimate of drug-likeness (QED) is 0.0795. The SMILES string of the molecule is CCCNC(=O)[C@@H]1CCCC[C@H]1C(=O)N[C@H]1CN(C(=O)OCCN(CC)c2ccc(N=Nc3ccc([N+](=O)[O-])cc3)cc2)C[C@@H]1NC(=O)[C@@H]1CCCC[C@H]1C(=O)NCCC. The number of carbonyl (C=O) groups is 5. The number of rotatable bonds is 18. The summed E-state index contributed by atoms with van der Waals surface area (Å²) in [5.41, 5.74) is 1.93. The minimum Gasteiger partial charge on any atom is -0.448 e. The maximum atomic E-state index is 13.9. The average Bonchev–Trinajstić information content (AvgIpc) is 3.67. The van der Waals surface area contributed by atoms with Crippen molar-refractivity contribution in [3.05, 3.63) is 58.6 Å². The highest BCUT2D eigenvalue weighted by Crippen LogP contribution is 2.33. The zero-order valence-electron chi connectivity index (χ0n) is 35.1. The van der Waals surface area contributed by atoms with Crippen molar-refractivity contribution in [1.82, 2.24) is 26.2 Å². The number of benzene rings is 2. The summed E-state index contributed by atoms with van der Waals surface area (Å²) in [6, 6.07) is 11.9. The van der Waals surface area contributed by atoms with E-state index in [1.165, 1.54) is 29.2 Å². The van der Waals surface area contributed by atoms with Gasteiger partial charge in [0.2, 0.25) is 23.6 Å². The number of carbonyl (C=O) groups excluding carboxylic acids is 5. The van der Waals surface area contributed by atoms with E-state index in [0.29, 0.717) is 63.2 Å². The molecule has 5 rings (SSSR count). The first-order valence-corrected chi connectivity index (χ1v) is 21.6. The molecule has 2 aromatic carbocycles. The molecule has 0 aromatic heterocycles. The standard InChI is InChI=1S/C43H61N9O8/c1-4-23-44-39(53)33-11-7-9-13-35(33)41(55)46-37-27-51(28-38(37)47-42(56)36-14-10-8-12-34(36)40(54)45-24-5-2)43(57)60-26-25-50(6-3)31-19-15-29(16-20-31)48-49-30-17-21-32(22-18-30)52(58)59/h15-22,33-38H,4-14,23-28H2,1-3H3,(H,44,53)(H,45,54)(H,46,55)(H,47,56)/t33-,34-,35-,36-,37+,38+/m1/s1. The summed E-state index contributed by atoms with van der Waals surface area (Å²) in [5.74, 6) is -2.72. The van der Waals surface area contributed by atoms with Gasteiger partial charge in [0.15, 0.2) is 0 Å². The van der Waals surface area contributed by atoms with Gasteiger partial charge in [0.1, 0.15) is 6.61 Å². The van der Waals surface area contributed by atoms with Crippen molar-refractivity contribution in [3.8, 4) is 0 Å². The number of anilines is 1. The molecule has 17 nitrogen and oxygen atoms in total. The molecule has 0 radical (unpaired) electrons. The summed E-state index contributed by atoms with van der Waals surface area (Å²) < 4.78 is 5.76. The molecule has 3 aliphatic rings. The van der Waals surface area contributed by atoms with Crippen molar-refractivity contribution in [2.45, 2.75) is 97.1 Å². The fourth-order valence-electron chi connectivity index (χ4n) is 8.39. The van der Waals surface area contributed by atoms with Crippen LogP contribution in [0.2, 0.25) is 0 Å². The van der Waals surface area contributed by atoms with Crippen LogP contribution in [0.1, 0.15) is 85.0 Å². The van der Waals surface area contributed by atoms with Crippen LogP contribution in [-0.4, -0.2) is 97.5 Å². The zero-order chi connectivity index (χ0) is 43.0. The number of nitrogens with zero attached hydrogens (tertiary/aromatic N) is 5. The molecule has 1 heterocycles. The molecule has 2 aliphatic carbocycles.